The number of nitrogens with two attached hydrogens (primary N) is 1. The van der Waals surface area contributed by atoms with Gasteiger partial charge in [0.2, 0.25) is 0 Å². The lowest BCUT2D eigenvalue weighted by Crippen LogP contribution is -2.21. The van der Waals surface area contributed by atoms with Gasteiger partial charge in [-0.2, -0.15) is 0 Å². The molecular formula is C11H22N2O2. The van der Waals surface area contributed by atoms with Gasteiger partial charge in [-0.1, -0.05) is 6.92 Å². The van der Waals surface area contributed by atoms with Crippen molar-refractivity contribution in [2.45, 2.75) is 26.2 Å². The van der Waals surface area contributed by atoms with Gasteiger partial charge in [0.15, 0.2) is 0 Å². The Morgan fingerprint density at radius 1 is 1.33 bits per heavy atom. The number of ketones is 2. The van der Waals surface area contributed by atoms with Crippen molar-refractivity contribution in [3.8, 4) is 0 Å². The lowest BCUT2D eigenvalue weighted by Gasteiger charge is -2.10. The average Bonchev–Trinajstić information content (AvgIpc) is 2.15. The number of carbonyl (C=O) groups is 2. The fourth-order valence-corrected chi connectivity index (χ4v) is 1.22. The summed E-state index contributed by atoms with van der Waals surface area (Å²) in [6, 6.07) is 0. The molecule has 0 bridgehead atoms. The van der Waals surface area contributed by atoms with Crippen LogP contribution in [-0.4, -0.2) is 43.7 Å². The van der Waals surface area contributed by atoms with Crippen LogP contribution in [-0.2, 0) is 9.59 Å². The first-order valence-electron chi connectivity index (χ1n) is 5.36. The van der Waals surface area contributed by atoms with Crippen molar-refractivity contribution in [1.82, 2.24) is 4.90 Å². The van der Waals surface area contributed by atoms with Crippen LogP contribution in [0.25, 0.3) is 0 Å². The van der Waals surface area contributed by atoms with Gasteiger partial charge in [-0.3, -0.25) is 9.59 Å². The molecule has 88 valence electrons. The molecule has 1 unspecified atom stereocenters. The van der Waals surface area contributed by atoms with Gasteiger partial charge < -0.3 is 10.6 Å². The molecule has 0 saturated heterocycles. The fourth-order valence-electron chi connectivity index (χ4n) is 1.22. The summed E-state index contributed by atoms with van der Waals surface area (Å²) >= 11 is 0. The van der Waals surface area contributed by atoms with E-state index in [1.165, 1.54) is 0 Å². The highest BCUT2D eigenvalue weighted by atomic mass is 16.1. The number of hydrogen-bond donors (Lipinski definition) is 1. The van der Waals surface area contributed by atoms with Gasteiger partial charge in [0.05, 0.1) is 6.42 Å². The molecule has 0 fully saturated rings. The standard InChI is InChI=1S/C11H22N2O2/c1-9(4-6-12)11(15)8-10(14)5-7-13(2)3/h9H,4-8,12H2,1-3H3. The monoisotopic (exact) mass is 214 g/mol. The maximum Gasteiger partial charge on any atom is 0.143 e. The van der Waals surface area contributed by atoms with Gasteiger partial charge in [-0.05, 0) is 27.1 Å². The van der Waals surface area contributed by atoms with Crippen molar-refractivity contribution < 1.29 is 9.59 Å². The topological polar surface area (TPSA) is 63.4 Å². The first-order valence-corrected chi connectivity index (χ1v) is 5.36. The summed E-state index contributed by atoms with van der Waals surface area (Å²) in [7, 11) is 3.82. The van der Waals surface area contributed by atoms with Gasteiger partial charge in [-0.15, -0.1) is 0 Å². The molecule has 15 heavy (non-hydrogen) atoms. The lowest BCUT2D eigenvalue weighted by atomic mass is 9.98. The zero-order valence-corrected chi connectivity index (χ0v) is 9.95. The first-order chi connectivity index (χ1) is 6.97. The number of hydrogen-bond acceptors (Lipinski definition) is 4. The van der Waals surface area contributed by atoms with Crippen LogP contribution in [0.5, 0.6) is 0 Å². The zero-order valence-electron chi connectivity index (χ0n) is 9.95. The number of nitrogens with zero attached hydrogens (tertiary/aromatic N) is 1. The van der Waals surface area contributed by atoms with E-state index in [4.69, 9.17) is 5.73 Å². The third-order valence-corrected chi connectivity index (χ3v) is 2.36. The van der Waals surface area contributed by atoms with Crippen molar-refractivity contribution in [3.63, 3.8) is 0 Å². The second-order valence-electron chi connectivity index (χ2n) is 4.21. The van der Waals surface area contributed by atoms with Crippen molar-refractivity contribution in [2.24, 2.45) is 11.7 Å². The van der Waals surface area contributed by atoms with E-state index in [2.05, 4.69) is 0 Å². The maximum absolute atomic E-state index is 11.5. The summed E-state index contributed by atoms with van der Waals surface area (Å²) in [6.45, 7) is 3.03. The molecule has 0 saturated carbocycles. The fraction of sp³-hybridized carbons (Fsp3) is 0.818. The Labute approximate surface area is 91.8 Å². The maximum atomic E-state index is 11.5. The smallest absolute Gasteiger partial charge is 0.143 e. The highest BCUT2D eigenvalue weighted by Crippen LogP contribution is 2.06. The van der Waals surface area contributed by atoms with Crippen molar-refractivity contribution in [2.75, 3.05) is 27.2 Å². The highest BCUT2D eigenvalue weighted by molar-refractivity contribution is 5.99. The quantitative estimate of drug-likeness (QED) is 0.596. The minimum atomic E-state index is -0.0849. The normalized spacial score (nSPS) is 12.9. The molecule has 0 spiro atoms. The van der Waals surface area contributed by atoms with Crippen LogP contribution in [0.3, 0.4) is 0 Å². The van der Waals surface area contributed by atoms with E-state index in [9.17, 15) is 9.59 Å². The predicted octanol–water partition coefficient (Wildman–Crippen LogP) is 0.451. The van der Waals surface area contributed by atoms with Gasteiger partial charge in [-0.25, -0.2) is 0 Å². The largest absolute Gasteiger partial charge is 0.330 e. The number of carbonyl (C=O) groups excluding carboxylic acids is 2. The molecule has 4 nitrogen and oxygen atoms in total. The third-order valence-electron chi connectivity index (χ3n) is 2.36. The molecule has 2 N–H and O–H groups in total. The SMILES string of the molecule is CC(CCN)C(=O)CC(=O)CCN(C)C. The molecule has 0 aromatic carbocycles. The summed E-state index contributed by atoms with van der Waals surface area (Å²) in [5.74, 6) is -0.0416. The van der Waals surface area contributed by atoms with Gasteiger partial charge in [0.1, 0.15) is 11.6 Å². The second-order valence-corrected chi connectivity index (χ2v) is 4.21. The highest BCUT2D eigenvalue weighted by Gasteiger charge is 2.15. The minimum absolute atomic E-state index is 0.0178. The molecule has 4 heteroatoms. The average molecular weight is 214 g/mol. The molecule has 0 aromatic heterocycles. The second kappa shape index (κ2) is 7.54. The molecule has 0 amide bonds. The zero-order chi connectivity index (χ0) is 11.8. The minimum Gasteiger partial charge on any atom is -0.330 e. The predicted molar refractivity (Wildman–Crippen MR) is 60.6 cm³/mol. The number of Topliss-reactive ketones (excluding diaryl/α,β-unsaturated/α-hetero) is 2. The molecule has 0 heterocycles. The van der Waals surface area contributed by atoms with E-state index in [0.29, 0.717) is 25.9 Å². The molecule has 1 atom stereocenters. The Hall–Kier alpha value is -0.740. The van der Waals surface area contributed by atoms with Crippen LogP contribution in [0.1, 0.15) is 26.2 Å². The Bertz CT molecular complexity index is 215. The molecule has 0 rings (SSSR count). The van der Waals surface area contributed by atoms with Gasteiger partial charge >= 0.3 is 0 Å². The molecule has 0 aliphatic heterocycles. The van der Waals surface area contributed by atoms with E-state index >= 15 is 0 Å². The van der Waals surface area contributed by atoms with E-state index in [0.717, 1.165) is 0 Å². The molecular weight excluding hydrogens is 192 g/mol. The molecule has 0 aromatic rings. The lowest BCUT2D eigenvalue weighted by molar-refractivity contribution is -0.129. The van der Waals surface area contributed by atoms with Crippen molar-refractivity contribution in [3.05, 3.63) is 0 Å². The summed E-state index contributed by atoms with van der Waals surface area (Å²) < 4.78 is 0. The van der Waals surface area contributed by atoms with Gasteiger partial charge in [0.25, 0.3) is 0 Å². The Morgan fingerprint density at radius 2 is 1.93 bits per heavy atom. The Morgan fingerprint density at radius 3 is 2.40 bits per heavy atom. The molecule has 0 radical (unpaired) electrons. The van der Waals surface area contributed by atoms with E-state index < -0.39 is 0 Å². The Kier molecular flexibility index (Phi) is 7.17. The Balaban J connectivity index is 3.80. The van der Waals surface area contributed by atoms with E-state index in [-0.39, 0.29) is 23.9 Å². The van der Waals surface area contributed by atoms with Crippen LogP contribution in [0.4, 0.5) is 0 Å². The molecule has 0 aliphatic rings. The summed E-state index contributed by atoms with van der Waals surface area (Å²) in [4.78, 5) is 24.8. The van der Waals surface area contributed by atoms with Crippen molar-refractivity contribution >= 4 is 11.6 Å². The summed E-state index contributed by atoms with van der Waals surface area (Å²) in [5, 5.41) is 0. The van der Waals surface area contributed by atoms with Crippen LogP contribution < -0.4 is 5.73 Å². The molecule has 0 aliphatic carbocycles. The van der Waals surface area contributed by atoms with Crippen LogP contribution >= 0.6 is 0 Å². The van der Waals surface area contributed by atoms with Crippen LogP contribution in [0, 0.1) is 5.92 Å². The first kappa shape index (κ1) is 14.3. The summed E-state index contributed by atoms with van der Waals surface area (Å²) in [6.07, 6.45) is 1.18. The van der Waals surface area contributed by atoms with Crippen LogP contribution in [0.15, 0.2) is 0 Å². The third kappa shape index (κ3) is 7.22. The number of rotatable bonds is 8. The van der Waals surface area contributed by atoms with Gasteiger partial charge in [0, 0.05) is 18.9 Å². The summed E-state index contributed by atoms with van der Waals surface area (Å²) in [5.41, 5.74) is 5.35. The van der Waals surface area contributed by atoms with E-state index in [1.54, 1.807) is 0 Å². The van der Waals surface area contributed by atoms with Crippen LogP contribution in [0.2, 0.25) is 0 Å². The van der Waals surface area contributed by atoms with E-state index in [1.807, 2.05) is 25.9 Å². The van der Waals surface area contributed by atoms with Crippen molar-refractivity contribution in [1.29, 1.82) is 0 Å².